The average Bonchev–Trinajstić information content (AvgIpc) is 2.62. The maximum Gasteiger partial charge on any atom is 0.275 e. The monoisotopic (exact) mass is 373 g/mol. The van der Waals surface area contributed by atoms with Gasteiger partial charge in [0.2, 0.25) is 0 Å². The van der Waals surface area contributed by atoms with Gasteiger partial charge in [-0.3, -0.25) is 4.79 Å². The Balaban J connectivity index is 1.38. The summed E-state index contributed by atoms with van der Waals surface area (Å²) in [6.07, 6.45) is 0. The van der Waals surface area contributed by atoms with Gasteiger partial charge >= 0.3 is 0 Å². The van der Waals surface area contributed by atoms with Crippen molar-refractivity contribution >= 4 is 17.5 Å². The third-order valence-electron chi connectivity index (χ3n) is 4.99. The first-order valence-corrected chi connectivity index (χ1v) is 9.70. The van der Waals surface area contributed by atoms with Crippen molar-refractivity contribution in [3.63, 3.8) is 0 Å². The van der Waals surface area contributed by atoms with Gasteiger partial charge in [0, 0.05) is 17.1 Å². The molecule has 1 heterocycles. The number of halogens is 1. The van der Waals surface area contributed by atoms with Crippen LogP contribution in [0.1, 0.15) is 16.7 Å². The molecule has 2 aromatic carbocycles. The maximum absolute atomic E-state index is 12.2. The molecule has 2 aromatic rings. The van der Waals surface area contributed by atoms with E-state index in [4.69, 9.17) is 11.6 Å². The summed E-state index contributed by atoms with van der Waals surface area (Å²) in [6, 6.07) is 16.4. The summed E-state index contributed by atoms with van der Waals surface area (Å²) in [6.45, 7) is 8.64. The fraction of sp³-hybridized carbons (Fsp3) is 0.381. The van der Waals surface area contributed by atoms with E-state index in [9.17, 15) is 4.79 Å². The zero-order chi connectivity index (χ0) is 18.4. The van der Waals surface area contributed by atoms with Crippen molar-refractivity contribution in [3.05, 3.63) is 70.2 Å². The van der Waals surface area contributed by atoms with Gasteiger partial charge in [-0.1, -0.05) is 53.6 Å². The minimum Gasteiger partial charge on any atom is -0.347 e. The Hall–Kier alpha value is -1.88. The second-order valence-corrected chi connectivity index (χ2v) is 7.69. The van der Waals surface area contributed by atoms with E-state index in [2.05, 4.69) is 36.5 Å². The molecule has 3 rings (SSSR count). The van der Waals surface area contributed by atoms with Crippen molar-refractivity contribution in [2.75, 3.05) is 32.7 Å². The predicted molar refractivity (Wildman–Crippen MR) is 104 cm³/mol. The minimum atomic E-state index is 0.113. The number of aryl methyl sites for hydroxylation is 1. The number of carbonyl (C=O) groups excluding carboxylic acids is 1. The molecule has 0 radical (unpaired) electrons. The molecule has 138 valence electrons. The summed E-state index contributed by atoms with van der Waals surface area (Å²) >= 11 is 5.98. The molecule has 0 bridgehead atoms. The summed E-state index contributed by atoms with van der Waals surface area (Å²) in [7, 11) is 0. The van der Waals surface area contributed by atoms with E-state index in [1.54, 1.807) is 4.90 Å². The van der Waals surface area contributed by atoms with Gasteiger partial charge in [-0.05, 0) is 24.6 Å². The molecule has 1 saturated heterocycles. The zero-order valence-corrected chi connectivity index (χ0v) is 16.1. The van der Waals surface area contributed by atoms with Crippen LogP contribution in [0, 0.1) is 6.92 Å². The van der Waals surface area contributed by atoms with Crippen LogP contribution in [0.3, 0.4) is 0 Å². The molecule has 0 atom stereocenters. The van der Waals surface area contributed by atoms with Crippen molar-refractivity contribution < 1.29 is 14.6 Å². The zero-order valence-electron chi connectivity index (χ0n) is 15.4. The summed E-state index contributed by atoms with van der Waals surface area (Å²) in [5, 5.41) is 3.71. The summed E-state index contributed by atoms with van der Waals surface area (Å²) in [4.78, 5) is 15.2. The largest absolute Gasteiger partial charge is 0.347 e. The minimum absolute atomic E-state index is 0.113. The van der Waals surface area contributed by atoms with E-state index < -0.39 is 0 Å². The molecule has 0 spiro atoms. The van der Waals surface area contributed by atoms with Crippen LogP contribution < -0.4 is 15.1 Å². The number of amides is 1. The number of hydrogen-bond acceptors (Lipinski definition) is 1. The molecule has 5 heteroatoms. The van der Waals surface area contributed by atoms with Gasteiger partial charge in [-0.25, -0.2) is 0 Å². The van der Waals surface area contributed by atoms with Gasteiger partial charge in [0.1, 0.15) is 32.7 Å². The first-order chi connectivity index (χ1) is 12.6. The molecule has 3 N–H and O–H groups in total. The lowest BCUT2D eigenvalue weighted by Gasteiger charge is -2.29. The second kappa shape index (κ2) is 9.17. The van der Waals surface area contributed by atoms with E-state index in [0.29, 0.717) is 18.1 Å². The number of carbonyl (C=O) groups is 1. The highest BCUT2D eigenvalue weighted by molar-refractivity contribution is 6.30. The maximum atomic E-state index is 12.2. The molecule has 0 aromatic heterocycles. The first kappa shape index (κ1) is 18.9. The Morgan fingerprint density at radius 2 is 1.69 bits per heavy atom. The molecule has 4 nitrogen and oxygen atoms in total. The number of hydrogen-bond donors (Lipinski definition) is 3. The van der Waals surface area contributed by atoms with E-state index in [1.165, 1.54) is 16.0 Å². The van der Waals surface area contributed by atoms with E-state index in [-0.39, 0.29) is 5.91 Å². The molecule has 1 aliphatic rings. The fourth-order valence-electron chi connectivity index (χ4n) is 3.56. The highest BCUT2D eigenvalue weighted by Gasteiger charge is 2.24. The average molecular weight is 374 g/mol. The number of quaternary nitrogens is 2. The quantitative estimate of drug-likeness (QED) is 0.667. The first-order valence-electron chi connectivity index (χ1n) is 9.32. The second-order valence-electron chi connectivity index (χ2n) is 7.25. The molecule has 0 unspecified atom stereocenters. The van der Waals surface area contributed by atoms with Crippen LogP contribution in [0.5, 0.6) is 0 Å². The molecule has 1 amide bonds. The van der Waals surface area contributed by atoms with Crippen LogP contribution in [0.2, 0.25) is 5.02 Å². The third-order valence-corrected chi connectivity index (χ3v) is 5.23. The Kier molecular flexibility index (Phi) is 6.67. The third kappa shape index (κ3) is 5.84. The lowest BCUT2D eigenvalue weighted by atomic mass is 10.1. The van der Waals surface area contributed by atoms with E-state index in [0.717, 1.165) is 38.3 Å². The van der Waals surface area contributed by atoms with Crippen molar-refractivity contribution in [1.82, 2.24) is 5.32 Å². The van der Waals surface area contributed by atoms with Crippen LogP contribution in [0.15, 0.2) is 48.5 Å². The smallest absolute Gasteiger partial charge is 0.275 e. The van der Waals surface area contributed by atoms with Crippen molar-refractivity contribution in [3.8, 4) is 0 Å². The highest BCUT2D eigenvalue weighted by Crippen LogP contribution is 2.10. The Labute approximate surface area is 160 Å². The SMILES string of the molecule is Cc1cccc(C[NH+]2CC[NH+](CC(=O)NCc3cccc(Cl)c3)CC2)c1. The fourth-order valence-corrected chi connectivity index (χ4v) is 3.77. The summed E-state index contributed by atoms with van der Waals surface area (Å²) in [5.74, 6) is 0.113. The van der Waals surface area contributed by atoms with Crippen LogP contribution in [0.25, 0.3) is 0 Å². The van der Waals surface area contributed by atoms with E-state index >= 15 is 0 Å². The molecule has 0 aliphatic carbocycles. The van der Waals surface area contributed by atoms with Gasteiger partial charge in [0.15, 0.2) is 6.54 Å². The Bertz CT molecular complexity index is 742. The Morgan fingerprint density at radius 1 is 1.00 bits per heavy atom. The van der Waals surface area contributed by atoms with E-state index in [1.807, 2.05) is 24.3 Å². The summed E-state index contributed by atoms with van der Waals surface area (Å²) in [5.41, 5.74) is 3.76. The number of nitrogens with one attached hydrogen (secondary N) is 3. The lowest BCUT2D eigenvalue weighted by molar-refractivity contribution is -1.02. The van der Waals surface area contributed by atoms with Crippen LogP contribution in [-0.2, 0) is 17.9 Å². The van der Waals surface area contributed by atoms with Crippen LogP contribution in [-0.4, -0.2) is 38.6 Å². The Morgan fingerprint density at radius 3 is 2.42 bits per heavy atom. The van der Waals surface area contributed by atoms with Gasteiger partial charge in [-0.15, -0.1) is 0 Å². The predicted octanol–water partition coefficient (Wildman–Crippen LogP) is 0.248. The number of piperazine rings is 1. The van der Waals surface area contributed by atoms with Gasteiger partial charge in [-0.2, -0.15) is 0 Å². The number of rotatable bonds is 6. The molecule has 1 fully saturated rings. The molecule has 1 aliphatic heterocycles. The van der Waals surface area contributed by atoms with Crippen molar-refractivity contribution in [2.45, 2.75) is 20.0 Å². The highest BCUT2D eigenvalue weighted by atomic mass is 35.5. The van der Waals surface area contributed by atoms with Crippen molar-refractivity contribution in [1.29, 1.82) is 0 Å². The molecule has 0 saturated carbocycles. The van der Waals surface area contributed by atoms with Gasteiger partial charge in [0.05, 0.1) is 0 Å². The summed E-state index contributed by atoms with van der Waals surface area (Å²) < 4.78 is 0. The van der Waals surface area contributed by atoms with Crippen LogP contribution in [0.4, 0.5) is 0 Å². The van der Waals surface area contributed by atoms with Crippen LogP contribution >= 0.6 is 11.6 Å². The molecular formula is C21H28ClN3O+2. The van der Waals surface area contributed by atoms with Crippen molar-refractivity contribution in [2.24, 2.45) is 0 Å². The molecule has 26 heavy (non-hydrogen) atoms. The lowest BCUT2D eigenvalue weighted by Crippen LogP contribution is -3.28. The van der Waals surface area contributed by atoms with Gasteiger partial charge < -0.3 is 15.1 Å². The topological polar surface area (TPSA) is 38.0 Å². The number of benzene rings is 2. The van der Waals surface area contributed by atoms with Gasteiger partial charge in [0.25, 0.3) is 5.91 Å². The standard InChI is InChI=1S/C21H26ClN3O/c1-17-4-2-6-19(12-17)15-24-8-10-25(11-9-24)16-21(26)23-14-18-5-3-7-20(22)13-18/h2-7,12-13H,8-11,14-16H2,1H3,(H,23,26)/p+2. The molecular weight excluding hydrogens is 346 g/mol. The normalized spacial score (nSPS) is 19.9.